The molecule has 0 bridgehead atoms. The van der Waals surface area contributed by atoms with Gasteiger partial charge in [0.2, 0.25) is 0 Å². The number of hydrogen-bond acceptors (Lipinski definition) is 3. The van der Waals surface area contributed by atoms with Crippen LogP contribution in [0.4, 0.5) is 18.9 Å². The van der Waals surface area contributed by atoms with Gasteiger partial charge in [0.15, 0.2) is 0 Å². The molecule has 1 unspecified atom stereocenters. The monoisotopic (exact) mass is 284 g/mol. The molecular weight excluding hydrogens is 269 g/mol. The van der Waals surface area contributed by atoms with Gasteiger partial charge in [-0.1, -0.05) is 6.07 Å². The summed E-state index contributed by atoms with van der Waals surface area (Å²) in [5, 5.41) is 12.9. The number of aliphatic hydroxyl groups is 1. The van der Waals surface area contributed by atoms with Crippen molar-refractivity contribution in [3.8, 4) is 0 Å². The summed E-state index contributed by atoms with van der Waals surface area (Å²) >= 11 is 0. The van der Waals surface area contributed by atoms with E-state index in [1.165, 1.54) is 12.3 Å². The second-order valence-corrected chi connectivity index (χ2v) is 4.65. The molecule has 108 valence electrons. The number of halogens is 3. The van der Waals surface area contributed by atoms with Crippen LogP contribution in [0.3, 0.4) is 0 Å². The summed E-state index contributed by atoms with van der Waals surface area (Å²) in [6.45, 7) is 2.22. The Labute approximate surface area is 114 Å². The number of alkyl halides is 3. The first-order valence-corrected chi connectivity index (χ1v) is 6.26. The molecule has 0 saturated heterocycles. The Balaban J connectivity index is 2.29. The van der Waals surface area contributed by atoms with Crippen molar-refractivity contribution in [1.29, 1.82) is 0 Å². The summed E-state index contributed by atoms with van der Waals surface area (Å²) in [5.41, 5.74) is 0.296. The van der Waals surface area contributed by atoms with Crippen molar-refractivity contribution < 1.29 is 18.3 Å². The second-order valence-electron chi connectivity index (χ2n) is 4.65. The zero-order valence-electron chi connectivity index (χ0n) is 10.9. The average Bonchev–Trinajstić information content (AvgIpc) is 2.37. The number of benzene rings is 1. The van der Waals surface area contributed by atoms with Crippen LogP contribution in [0.15, 0.2) is 30.5 Å². The molecule has 3 nitrogen and oxygen atoms in total. The molecule has 0 amide bonds. The molecule has 20 heavy (non-hydrogen) atoms. The lowest BCUT2D eigenvalue weighted by Gasteiger charge is -2.12. The fraction of sp³-hybridized carbons (Fsp3) is 0.357. The van der Waals surface area contributed by atoms with Crippen molar-refractivity contribution in [2.75, 3.05) is 11.9 Å². The van der Waals surface area contributed by atoms with Gasteiger partial charge in [0.1, 0.15) is 0 Å². The third kappa shape index (κ3) is 3.39. The van der Waals surface area contributed by atoms with Crippen LogP contribution >= 0.6 is 0 Å². The van der Waals surface area contributed by atoms with Gasteiger partial charge in [-0.3, -0.25) is 4.98 Å². The number of aromatic nitrogens is 1. The molecule has 2 aromatic rings. The molecule has 1 aromatic heterocycles. The molecular formula is C14H15F3N2O. The molecule has 1 heterocycles. The molecule has 0 aliphatic rings. The molecule has 2 rings (SSSR count). The summed E-state index contributed by atoms with van der Waals surface area (Å²) < 4.78 is 37.9. The quantitative estimate of drug-likeness (QED) is 0.904. The highest BCUT2D eigenvalue weighted by atomic mass is 19.4. The number of hydrogen-bond donors (Lipinski definition) is 2. The van der Waals surface area contributed by atoms with E-state index >= 15 is 0 Å². The molecule has 0 aliphatic carbocycles. The van der Waals surface area contributed by atoms with E-state index in [4.69, 9.17) is 0 Å². The van der Waals surface area contributed by atoms with Crippen LogP contribution < -0.4 is 5.32 Å². The first-order valence-electron chi connectivity index (χ1n) is 6.26. The highest BCUT2D eigenvalue weighted by Gasteiger charge is 2.30. The van der Waals surface area contributed by atoms with E-state index in [1.807, 2.05) is 0 Å². The fourth-order valence-electron chi connectivity index (χ4n) is 1.89. The third-order valence-corrected chi connectivity index (χ3v) is 2.95. The van der Waals surface area contributed by atoms with Crippen LogP contribution in [0.2, 0.25) is 0 Å². The summed E-state index contributed by atoms with van der Waals surface area (Å²) in [5.74, 6) is 0. The standard InChI is InChI=1S/C14H15F3N2O/c1-9(20)4-6-18-12-5-7-19-13-8-10(14(15,16)17)2-3-11(12)13/h2-3,5,7-9,20H,4,6H2,1H3,(H,18,19). The van der Waals surface area contributed by atoms with Gasteiger partial charge in [-0.05, 0) is 31.5 Å². The summed E-state index contributed by atoms with van der Waals surface area (Å²) in [4.78, 5) is 3.97. The molecule has 2 N–H and O–H groups in total. The molecule has 0 aliphatic heterocycles. The normalized spacial score (nSPS) is 13.4. The number of pyridine rings is 1. The number of anilines is 1. The largest absolute Gasteiger partial charge is 0.416 e. The van der Waals surface area contributed by atoms with Gasteiger partial charge in [-0.15, -0.1) is 0 Å². The Bertz CT molecular complexity index is 596. The maximum Gasteiger partial charge on any atom is 0.416 e. The maximum atomic E-state index is 12.6. The first kappa shape index (κ1) is 14.6. The molecule has 0 fully saturated rings. The van der Waals surface area contributed by atoms with Gasteiger partial charge >= 0.3 is 6.18 Å². The van der Waals surface area contributed by atoms with Crippen molar-refractivity contribution in [1.82, 2.24) is 4.98 Å². The van der Waals surface area contributed by atoms with Gasteiger partial charge in [0.05, 0.1) is 17.2 Å². The minimum atomic E-state index is -4.37. The zero-order valence-corrected chi connectivity index (χ0v) is 10.9. The Morgan fingerprint density at radius 1 is 1.30 bits per heavy atom. The van der Waals surface area contributed by atoms with Crippen molar-refractivity contribution in [3.63, 3.8) is 0 Å². The Hall–Kier alpha value is -1.82. The van der Waals surface area contributed by atoms with E-state index in [0.717, 1.165) is 12.1 Å². The average molecular weight is 284 g/mol. The molecule has 1 atom stereocenters. The van der Waals surface area contributed by atoms with Gasteiger partial charge in [-0.25, -0.2) is 0 Å². The molecule has 6 heteroatoms. The van der Waals surface area contributed by atoms with E-state index in [-0.39, 0.29) is 0 Å². The van der Waals surface area contributed by atoms with E-state index in [1.54, 1.807) is 13.0 Å². The van der Waals surface area contributed by atoms with E-state index < -0.39 is 17.8 Å². The lowest BCUT2D eigenvalue weighted by Crippen LogP contribution is -2.10. The van der Waals surface area contributed by atoms with Crippen molar-refractivity contribution in [2.24, 2.45) is 0 Å². The Morgan fingerprint density at radius 3 is 2.70 bits per heavy atom. The van der Waals surface area contributed by atoms with Crippen LogP contribution in [0, 0.1) is 0 Å². The van der Waals surface area contributed by atoms with Crippen molar-refractivity contribution in [3.05, 3.63) is 36.0 Å². The van der Waals surface area contributed by atoms with E-state index in [0.29, 0.717) is 29.6 Å². The van der Waals surface area contributed by atoms with Gasteiger partial charge < -0.3 is 10.4 Å². The first-order chi connectivity index (χ1) is 9.38. The third-order valence-electron chi connectivity index (χ3n) is 2.95. The highest BCUT2D eigenvalue weighted by Crippen LogP contribution is 2.32. The van der Waals surface area contributed by atoms with Crippen LogP contribution in [0.1, 0.15) is 18.9 Å². The lowest BCUT2D eigenvalue weighted by molar-refractivity contribution is -0.137. The fourth-order valence-corrected chi connectivity index (χ4v) is 1.89. The van der Waals surface area contributed by atoms with Gasteiger partial charge in [0, 0.05) is 23.8 Å². The summed E-state index contributed by atoms with van der Waals surface area (Å²) in [6, 6.07) is 5.20. The number of fused-ring (bicyclic) bond motifs is 1. The van der Waals surface area contributed by atoms with Crippen molar-refractivity contribution in [2.45, 2.75) is 25.6 Å². The zero-order chi connectivity index (χ0) is 14.8. The number of rotatable bonds is 4. The molecule has 0 radical (unpaired) electrons. The van der Waals surface area contributed by atoms with E-state index in [9.17, 15) is 18.3 Å². The lowest BCUT2D eigenvalue weighted by atomic mass is 10.1. The molecule has 0 spiro atoms. The van der Waals surface area contributed by atoms with Gasteiger partial charge in [0.25, 0.3) is 0 Å². The SMILES string of the molecule is CC(O)CCNc1ccnc2cc(C(F)(F)F)ccc12. The second kappa shape index (κ2) is 5.66. The van der Waals surface area contributed by atoms with E-state index in [2.05, 4.69) is 10.3 Å². The number of aliphatic hydroxyl groups excluding tert-OH is 1. The molecule has 1 aromatic carbocycles. The Morgan fingerprint density at radius 2 is 2.05 bits per heavy atom. The number of nitrogens with zero attached hydrogens (tertiary/aromatic N) is 1. The van der Waals surface area contributed by atoms with Crippen molar-refractivity contribution >= 4 is 16.6 Å². The smallest absolute Gasteiger partial charge is 0.393 e. The van der Waals surface area contributed by atoms with Crippen LogP contribution in [0.25, 0.3) is 10.9 Å². The predicted octanol–water partition coefficient (Wildman–Crippen LogP) is 3.44. The van der Waals surface area contributed by atoms with Crippen LogP contribution in [-0.4, -0.2) is 22.7 Å². The highest BCUT2D eigenvalue weighted by molar-refractivity contribution is 5.91. The van der Waals surface area contributed by atoms with Gasteiger partial charge in [-0.2, -0.15) is 13.2 Å². The minimum absolute atomic E-state index is 0.293. The van der Waals surface area contributed by atoms with Crippen LogP contribution in [-0.2, 0) is 6.18 Å². The topological polar surface area (TPSA) is 45.1 Å². The summed E-state index contributed by atoms with van der Waals surface area (Å²) in [6.07, 6.45) is -2.77. The minimum Gasteiger partial charge on any atom is -0.393 e. The maximum absolute atomic E-state index is 12.6. The number of nitrogens with one attached hydrogen (secondary N) is 1. The summed E-state index contributed by atoms with van der Waals surface area (Å²) in [7, 11) is 0. The Kier molecular flexibility index (Phi) is 4.13. The predicted molar refractivity (Wildman–Crippen MR) is 71.5 cm³/mol. The van der Waals surface area contributed by atoms with Crippen LogP contribution in [0.5, 0.6) is 0 Å². The molecule has 0 saturated carbocycles.